The smallest absolute Gasteiger partial charge is 0.251 e. The Morgan fingerprint density at radius 1 is 1.10 bits per heavy atom. The van der Waals surface area contributed by atoms with E-state index in [1.54, 1.807) is 0 Å². The van der Waals surface area contributed by atoms with Crippen LogP contribution < -0.4 is 11.1 Å². The van der Waals surface area contributed by atoms with Crippen molar-refractivity contribution in [3.05, 3.63) is 53.5 Å². The van der Waals surface area contributed by atoms with Crippen molar-refractivity contribution in [1.82, 2.24) is 19.9 Å². The molecule has 1 amide bonds. The molecule has 5 rings (SSSR count). The minimum absolute atomic E-state index is 0.0345. The molecule has 1 aromatic carbocycles. The highest BCUT2D eigenvalue weighted by molar-refractivity contribution is 5.95. The van der Waals surface area contributed by atoms with Crippen molar-refractivity contribution >= 4 is 22.8 Å². The first-order valence-corrected chi connectivity index (χ1v) is 10.7. The van der Waals surface area contributed by atoms with Gasteiger partial charge in [-0.3, -0.25) is 4.79 Å². The summed E-state index contributed by atoms with van der Waals surface area (Å²) in [7, 11) is 0. The molecule has 3 aromatic rings. The fourth-order valence-corrected chi connectivity index (χ4v) is 4.21. The third-order valence-electron chi connectivity index (χ3n) is 5.99. The fourth-order valence-electron chi connectivity index (χ4n) is 4.21. The lowest BCUT2D eigenvalue weighted by Gasteiger charge is -2.23. The molecule has 2 fully saturated rings. The van der Waals surface area contributed by atoms with Gasteiger partial charge >= 0.3 is 0 Å². The van der Waals surface area contributed by atoms with Crippen LogP contribution in [0.5, 0.6) is 0 Å². The largest absolute Gasteiger partial charge is 0.383 e. The maximum Gasteiger partial charge on any atom is 0.251 e. The van der Waals surface area contributed by atoms with E-state index < -0.39 is 0 Å². The number of hydrogen-bond donors (Lipinski definition) is 2. The Kier molecular flexibility index (Phi) is 4.88. The van der Waals surface area contributed by atoms with Gasteiger partial charge in [0.25, 0.3) is 5.91 Å². The molecule has 2 aliphatic rings. The highest BCUT2D eigenvalue weighted by Gasteiger charge is 2.24. The van der Waals surface area contributed by atoms with Gasteiger partial charge in [0.15, 0.2) is 0 Å². The topological polar surface area (TPSA) is 85.8 Å². The molecule has 6 nitrogen and oxygen atoms in total. The van der Waals surface area contributed by atoms with Crippen LogP contribution in [0.25, 0.3) is 11.0 Å². The van der Waals surface area contributed by atoms with Gasteiger partial charge in [0.2, 0.25) is 0 Å². The van der Waals surface area contributed by atoms with Crippen molar-refractivity contribution in [2.75, 3.05) is 5.73 Å². The Labute approximate surface area is 175 Å². The van der Waals surface area contributed by atoms with Gasteiger partial charge in [-0.15, -0.1) is 0 Å². The summed E-state index contributed by atoms with van der Waals surface area (Å²) in [5.74, 6) is 6.89. The molecule has 3 N–H and O–H groups in total. The van der Waals surface area contributed by atoms with Gasteiger partial charge in [-0.05, 0) is 43.9 Å². The SMILES string of the molecule is Nc1ncnc2c1c(C#Cc1cccc(C(=O)NC3CC3)c1)cn2C1CCCCC1. The van der Waals surface area contributed by atoms with E-state index in [0.717, 1.165) is 47.8 Å². The molecule has 6 heteroatoms. The van der Waals surface area contributed by atoms with E-state index in [9.17, 15) is 4.79 Å². The lowest BCUT2D eigenvalue weighted by Crippen LogP contribution is -2.25. The van der Waals surface area contributed by atoms with E-state index in [4.69, 9.17) is 5.73 Å². The lowest BCUT2D eigenvalue weighted by atomic mass is 9.95. The minimum Gasteiger partial charge on any atom is -0.383 e. The first-order chi connectivity index (χ1) is 14.7. The van der Waals surface area contributed by atoms with Gasteiger partial charge in [0.05, 0.1) is 10.9 Å². The zero-order valence-corrected chi connectivity index (χ0v) is 16.9. The summed E-state index contributed by atoms with van der Waals surface area (Å²) < 4.78 is 2.23. The number of nitrogens with zero attached hydrogens (tertiary/aromatic N) is 3. The Balaban J connectivity index is 1.49. The number of nitrogen functional groups attached to an aromatic ring is 1. The van der Waals surface area contributed by atoms with Gasteiger partial charge in [-0.1, -0.05) is 37.2 Å². The highest BCUT2D eigenvalue weighted by Crippen LogP contribution is 2.33. The predicted molar refractivity (Wildman–Crippen MR) is 117 cm³/mol. The van der Waals surface area contributed by atoms with Crippen molar-refractivity contribution in [3.63, 3.8) is 0 Å². The molecule has 0 radical (unpaired) electrons. The summed E-state index contributed by atoms with van der Waals surface area (Å²) in [5.41, 5.74) is 9.33. The minimum atomic E-state index is -0.0345. The molecule has 0 aliphatic heterocycles. The second-order valence-corrected chi connectivity index (χ2v) is 8.28. The van der Waals surface area contributed by atoms with Crippen LogP contribution in [0.2, 0.25) is 0 Å². The number of amides is 1. The first kappa shape index (κ1) is 18.7. The monoisotopic (exact) mass is 399 g/mol. The molecule has 0 unspecified atom stereocenters. The van der Waals surface area contributed by atoms with E-state index in [0.29, 0.717) is 23.5 Å². The van der Waals surface area contributed by atoms with Crippen molar-refractivity contribution in [2.45, 2.75) is 57.0 Å². The van der Waals surface area contributed by atoms with Crippen LogP contribution in [-0.4, -0.2) is 26.5 Å². The summed E-state index contributed by atoms with van der Waals surface area (Å²) >= 11 is 0. The first-order valence-electron chi connectivity index (χ1n) is 10.7. The van der Waals surface area contributed by atoms with Crippen LogP contribution in [0.4, 0.5) is 5.82 Å². The van der Waals surface area contributed by atoms with Crippen LogP contribution in [0.1, 0.15) is 72.5 Å². The summed E-state index contributed by atoms with van der Waals surface area (Å²) in [6, 6.07) is 8.21. The summed E-state index contributed by atoms with van der Waals surface area (Å²) in [6.07, 6.45) is 11.8. The molecular formula is C24H25N5O. The van der Waals surface area contributed by atoms with Gasteiger partial charge in [-0.25, -0.2) is 9.97 Å². The maximum absolute atomic E-state index is 12.3. The molecule has 2 saturated carbocycles. The van der Waals surface area contributed by atoms with E-state index in [-0.39, 0.29) is 5.91 Å². The van der Waals surface area contributed by atoms with Gasteiger partial charge in [-0.2, -0.15) is 0 Å². The van der Waals surface area contributed by atoms with Crippen LogP contribution in [0.15, 0.2) is 36.8 Å². The number of hydrogen-bond acceptors (Lipinski definition) is 4. The standard InChI is InChI=1S/C24H25N5O/c25-22-21-18(14-29(23(21)27-15-26-22)20-7-2-1-3-8-20)10-9-16-5-4-6-17(13-16)24(30)28-19-11-12-19/h4-6,13-15,19-20H,1-3,7-8,11-12H2,(H,28,30)(H2,25,26,27). The summed E-state index contributed by atoms with van der Waals surface area (Å²) in [5, 5.41) is 3.84. The van der Waals surface area contributed by atoms with Gasteiger partial charge in [0.1, 0.15) is 17.8 Å². The fraction of sp³-hybridized carbons (Fsp3) is 0.375. The molecule has 0 bridgehead atoms. The van der Waals surface area contributed by atoms with E-state index in [1.807, 2.05) is 24.3 Å². The predicted octanol–water partition coefficient (Wildman–Crippen LogP) is 3.81. The lowest BCUT2D eigenvalue weighted by molar-refractivity contribution is 0.0951. The van der Waals surface area contributed by atoms with Crippen LogP contribution in [-0.2, 0) is 0 Å². The number of benzene rings is 1. The Morgan fingerprint density at radius 3 is 2.73 bits per heavy atom. The Bertz CT molecular complexity index is 1160. The molecule has 2 heterocycles. The normalized spacial score (nSPS) is 16.8. The number of nitrogens with one attached hydrogen (secondary N) is 1. The highest BCUT2D eigenvalue weighted by atomic mass is 16.1. The number of aromatic nitrogens is 3. The Hall–Kier alpha value is -3.33. The Morgan fingerprint density at radius 2 is 1.93 bits per heavy atom. The molecule has 0 spiro atoms. The van der Waals surface area contributed by atoms with Gasteiger partial charge < -0.3 is 15.6 Å². The second-order valence-electron chi connectivity index (χ2n) is 8.28. The molecule has 0 saturated heterocycles. The van der Waals surface area contributed by atoms with Gasteiger partial charge in [0, 0.05) is 29.4 Å². The summed E-state index contributed by atoms with van der Waals surface area (Å²) in [4.78, 5) is 21.0. The molecular weight excluding hydrogens is 374 g/mol. The summed E-state index contributed by atoms with van der Waals surface area (Å²) in [6.45, 7) is 0. The van der Waals surface area contributed by atoms with E-state index in [1.165, 1.54) is 25.6 Å². The van der Waals surface area contributed by atoms with E-state index >= 15 is 0 Å². The van der Waals surface area contributed by atoms with E-state index in [2.05, 4.69) is 37.9 Å². The number of carbonyl (C=O) groups excluding carboxylic acids is 1. The van der Waals surface area contributed by atoms with Crippen molar-refractivity contribution in [3.8, 4) is 11.8 Å². The number of anilines is 1. The number of nitrogens with two attached hydrogens (primary N) is 1. The van der Waals surface area contributed by atoms with Crippen molar-refractivity contribution in [1.29, 1.82) is 0 Å². The third-order valence-corrected chi connectivity index (χ3v) is 5.99. The number of rotatable bonds is 3. The zero-order chi connectivity index (χ0) is 20.5. The quantitative estimate of drug-likeness (QED) is 0.656. The average molecular weight is 399 g/mol. The number of fused-ring (bicyclic) bond motifs is 1. The molecule has 152 valence electrons. The maximum atomic E-state index is 12.3. The second kappa shape index (κ2) is 7.83. The van der Waals surface area contributed by atoms with Crippen molar-refractivity contribution < 1.29 is 4.79 Å². The molecule has 2 aliphatic carbocycles. The molecule has 2 aromatic heterocycles. The van der Waals surface area contributed by atoms with Crippen LogP contribution in [0, 0.1) is 11.8 Å². The molecule has 0 atom stereocenters. The number of carbonyl (C=O) groups is 1. The van der Waals surface area contributed by atoms with Crippen LogP contribution in [0.3, 0.4) is 0 Å². The van der Waals surface area contributed by atoms with Crippen LogP contribution >= 0.6 is 0 Å². The third kappa shape index (κ3) is 3.76. The molecule has 30 heavy (non-hydrogen) atoms. The van der Waals surface area contributed by atoms with Crippen molar-refractivity contribution in [2.24, 2.45) is 0 Å². The zero-order valence-electron chi connectivity index (χ0n) is 16.9. The average Bonchev–Trinajstić information content (AvgIpc) is 3.51.